The lowest BCUT2D eigenvalue weighted by Gasteiger charge is -2.15. The van der Waals surface area contributed by atoms with Crippen LogP contribution in [0.4, 0.5) is 35.1 Å². The fourth-order valence-electron chi connectivity index (χ4n) is 2.69. The van der Waals surface area contributed by atoms with Crippen LogP contribution in [-0.2, 0) is 16.0 Å². The molecule has 0 fully saturated rings. The topological polar surface area (TPSA) is 93.1 Å². The maximum Gasteiger partial charge on any atom is 0.573 e. The van der Waals surface area contributed by atoms with E-state index in [1.807, 2.05) is 0 Å². The number of benzene rings is 2. The van der Waals surface area contributed by atoms with Gasteiger partial charge in [0.15, 0.2) is 23.1 Å². The second kappa shape index (κ2) is 13.1. The molecule has 2 aromatic rings. The molecule has 0 aliphatic carbocycles. The van der Waals surface area contributed by atoms with E-state index in [1.54, 1.807) is 0 Å². The van der Waals surface area contributed by atoms with Gasteiger partial charge in [-0.1, -0.05) is 12.1 Å². The van der Waals surface area contributed by atoms with E-state index in [2.05, 4.69) is 9.47 Å². The second-order valence-electron chi connectivity index (χ2n) is 6.84. The van der Waals surface area contributed by atoms with Crippen LogP contribution >= 0.6 is 11.6 Å². The molecule has 0 amide bonds. The Morgan fingerprint density at radius 1 is 0.861 bits per heavy atom. The van der Waals surface area contributed by atoms with Crippen molar-refractivity contribution in [1.29, 1.82) is 0 Å². The predicted octanol–water partition coefficient (Wildman–Crippen LogP) is 6.26. The normalized spacial score (nSPS) is 12.2. The van der Waals surface area contributed by atoms with Crippen LogP contribution < -0.4 is 9.47 Å². The second-order valence-corrected chi connectivity index (χ2v) is 7.22. The van der Waals surface area contributed by atoms with Gasteiger partial charge in [-0.15, -0.1) is 37.9 Å². The van der Waals surface area contributed by atoms with E-state index in [9.17, 15) is 44.7 Å². The van der Waals surface area contributed by atoms with Gasteiger partial charge in [0.2, 0.25) is 0 Å². The molecule has 0 saturated carbocycles. The average molecular weight is 553 g/mol. The summed E-state index contributed by atoms with van der Waals surface area (Å²) in [4.78, 5) is 21.4. The van der Waals surface area contributed by atoms with Gasteiger partial charge >= 0.3 is 24.7 Å². The van der Waals surface area contributed by atoms with Crippen molar-refractivity contribution in [3.8, 4) is 11.5 Å². The SMILES string of the molecule is O=C(O)C(CCCCl)c1ccc(F)c(OC(F)(F)F)c1.O=C(O)Cc1ccc(F)c(OC(F)(F)F)c1. The number of ether oxygens (including phenoxy) is 2. The molecule has 2 rings (SSSR count). The largest absolute Gasteiger partial charge is 0.573 e. The number of hydrogen-bond acceptors (Lipinski definition) is 4. The third-order valence-corrected chi connectivity index (χ3v) is 4.35. The zero-order chi connectivity index (χ0) is 27.7. The van der Waals surface area contributed by atoms with Crippen LogP contribution in [-0.4, -0.2) is 40.8 Å². The van der Waals surface area contributed by atoms with Crippen molar-refractivity contribution in [3.05, 3.63) is 59.2 Å². The fourth-order valence-corrected chi connectivity index (χ4v) is 2.84. The summed E-state index contributed by atoms with van der Waals surface area (Å²) in [6, 6.07) is 5.11. The molecule has 0 saturated heterocycles. The van der Waals surface area contributed by atoms with E-state index in [0.29, 0.717) is 12.5 Å². The van der Waals surface area contributed by atoms with Crippen molar-refractivity contribution in [2.75, 3.05) is 5.88 Å². The van der Waals surface area contributed by atoms with E-state index in [0.717, 1.165) is 30.3 Å². The summed E-state index contributed by atoms with van der Waals surface area (Å²) < 4.78 is 105. The van der Waals surface area contributed by atoms with Crippen molar-refractivity contribution in [1.82, 2.24) is 0 Å². The maximum atomic E-state index is 13.2. The minimum Gasteiger partial charge on any atom is -0.481 e. The highest BCUT2D eigenvalue weighted by molar-refractivity contribution is 6.17. The first kappa shape index (κ1) is 30.7. The van der Waals surface area contributed by atoms with E-state index >= 15 is 0 Å². The maximum absolute atomic E-state index is 13.2. The molecule has 0 aliphatic heterocycles. The number of aliphatic carboxylic acids is 2. The van der Waals surface area contributed by atoms with E-state index < -0.39 is 60.1 Å². The predicted molar refractivity (Wildman–Crippen MR) is 108 cm³/mol. The lowest BCUT2D eigenvalue weighted by molar-refractivity contribution is -0.276. The quantitative estimate of drug-likeness (QED) is 0.282. The summed E-state index contributed by atoms with van der Waals surface area (Å²) in [6.07, 6.45) is -10.1. The minimum absolute atomic E-state index is 0.0214. The van der Waals surface area contributed by atoms with Gasteiger partial charge < -0.3 is 19.7 Å². The van der Waals surface area contributed by atoms with E-state index in [1.165, 1.54) is 0 Å². The summed E-state index contributed by atoms with van der Waals surface area (Å²) in [6.45, 7) is 0. The Labute approximate surface area is 203 Å². The Hall–Kier alpha value is -3.29. The Kier molecular flexibility index (Phi) is 11.2. The van der Waals surface area contributed by atoms with Gasteiger partial charge in [-0.25, -0.2) is 8.78 Å². The summed E-state index contributed by atoms with van der Waals surface area (Å²) in [5, 5.41) is 17.4. The molecular formula is C21H17ClF8O6. The summed E-state index contributed by atoms with van der Waals surface area (Å²) in [7, 11) is 0. The van der Waals surface area contributed by atoms with Crippen molar-refractivity contribution in [2.24, 2.45) is 0 Å². The molecule has 0 heterocycles. The number of halogens is 9. The molecule has 200 valence electrons. The minimum atomic E-state index is -5.05. The summed E-state index contributed by atoms with van der Waals surface area (Å²) in [5.74, 6) is -7.80. The third-order valence-electron chi connectivity index (χ3n) is 4.08. The molecule has 0 bridgehead atoms. The molecule has 0 spiro atoms. The smallest absolute Gasteiger partial charge is 0.481 e. The van der Waals surface area contributed by atoms with Crippen molar-refractivity contribution in [2.45, 2.75) is 37.9 Å². The van der Waals surface area contributed by atoms with Gasteiger partial charge in [-0.3, -0.25) is 9.59 Å². The molecule has 36 heavy (non-hydrogen) atoms. The molecule has 2 aromatic carbocycles. The van der Waals surface area contributed by atoms with Gasteiger partial charge in [-0.05, 0) is 48.2 Å². The van der Waals surface area contributed by atoms with E-state index in [4.69, 9.17) is 21.8 Å². The van der Waals surface area contributed by atoms with E-state index in [-0.39, 0.29) is 23.4 Å². The van der Waals surface area contributed by atoms with Gasteiger partial charge in [0.05, 0.1) is 12.3 Å². The number of rotatable bonds is 9. The van der Waals surface area contributed by atoms with Crippen molar-refractivity contribution < 1.29 is 64.4 Å². The Morgan fingerprint density at radius 3 is 1.81 bits per heavy atom. The number of carbonyl (C=O) groups is 2. The first-order valence-electron chi connectivity index (χ1n) is 9.62. The molecule has 0 aromatic heterocycles. The molecule has 6 nitrogen and oxygen atoms in total. The molecule has 0 radical (unpaired) electrons. The standard InChI is InChI=1S/C12H11ClF4O3.C9H6F4O3/c13-5-1-2-8(11(18)19)7-3-4-9(14)10(6-7)20-12(15,16)17;10-6-2-1-5(4-8(14)15)3-7(6)16-9(11,12)13/h3-4,6,8H,1-2,5H2,(H,18,19);1-3H,4H2,(H,14,15). The number of alkyl halides is 7. The summed E-state index contributed by atoms with van der Waals surface area (Å²) >= 11 is 5.45. The Bertz CT molecular complexity index is 1040. The highest BCUT2D eigenvalue weighted by Gasteiger charge is 2.33. The Balaban J connectivity index is 0.000000369. The fraction of sp³-hybridized carbons (Fsp3) is 0.333. The van der Waals surface area contributed by atoms with Crippen LogP contribution in [0.1, 0.15) is 29.9 Å². The van der Waals surface area contributed by atoms with Crippen LogP contribution in [0.15, 0.2) is 36.4 Å². The molecular weight excluding hydrogens is 536 g/mol. The molecule has 2 N–H and O–H groups in total. The number of carboxylic acid groups (broad SMARTS) is 2. The van der Waals surface area contributed by atoms with Crippen LogP contribution in [0.5, 0.6) is 11.5 Å². The van der Waals surface area contributed by atoms with Crippen molar-refractivity contribution in [3.63, 3.8) is 0 Å². The summed E-state index contributed by atoms with van der Waals surface area (Å²) in [5.41, 5.74) is 0.0522. The molecule has 1 unspecified atom stereocenters. The first-order valence-corrected chi connectivity index (χ1v) is 10.2. The zero-order valence-electron chi connectivity index (χ0n) is 17.8. The highest BCUT2D eigenvalue weighted by Crippen LogP contribution is 2.31. The lowest BCUT2D eigenvalue weighted by Crippen LogP contribution is -2.19. The monoisotopic (exact) mass is 552 g/mol. The van der Waals surface area contributed by atoms with Gasteiger partial charge in [0.25, 0.3) is 0 Å². The average Bonchev–Trinajstić information content (AvgIpc) is 2.71. The van der Waals surface area contributed by atoms with Crippen molar-refractivity contribution >= 4 is 23.5 Å². The van der Waals surface area contributed by atoms with Gasteiger partial charge in [-0.2, -0.15) is 0 Å². The zero-order valence-corrected chi connectivity index (χ0v) is 18.6. The van der Waals surface area contributed by atoms with Crippen LogP contribution in [0.25, 0.3) is 0 Å². The molecule has 1 atom stereocenters. The number of carboxylic acids is 2. The first-order chi connectivity index (χ1) is 16.5. The number of hydrogen-bond donors (Lipinski definition) is 2. The molecule has 15 heteroatoms. The van der Waals surface area contributed by atoms with Gasteiger partial charge in [0, 0.05) is 5.88 Å². The van der Waals surface area contributed by atoms with Crippen LogP contribution in [0, 0.1) is 11.6 Å². The Morgan fingerprint density at radius 2 is 1.36 bits per heavy atom. The molecule has 0 aliphatic rings. The van der Waals surface area contributed by atoms with Gasteiger partial charge in [0.1, 0.15) is 0 Å². The van der Waals surface area contributed by atoms with Crippen LogP contribution in [0.3, 0.4) is 0 Å². The van der Waals surface area contributed by atoms with Crippen LogP contribution in [0.2, 0.25) is 0 Å². The highest BCUT2D eigenvalue weighted by atomic mass is 35.5. The third kappa shape index (κ3) is 11.4. The lowest BCUT2D eigenvalue weighted by atomic mass is 9.94.